The highest BCUT2D eigenvalue weighted by molar-refractivity contribution is 7.92. The van der Waals surface area contributed by atoms with Crippen molar-refractivity contribution in [3.8, 4) is 0 Å². The molecule has 6 nitrogen and oxygen atoms in total. The van der Waals surface area contributed by atoms with Crippen LogP contribution in [0.3, 0.4) is 0 Å². The molecule has 2 aliphatic rings. The maximum absolute atomic E-state index is 12.7. The third kappa shape index (κ3) is 2.70. The molecule has 0 atom stereocenters. The number of likely N-dealkylation sites (tertiary alicyclic amines) is 1. The van der Waals surface area contributed by atoms with Crippen molar-refractivity contribution in [2.45, 2.75) is 12.2 Å². The average Bonchev–Trinajstić information content (AvgIpc) is 2.64. The molecule has 0 bridgehead atoms. The van der Waals surface area contributed by atoms with Gasteiger partial charge in [-0.3, -0.25) is 14.4 Å². The standard InChI is InChI=1S/C20H17NO5S/c1-2-27(25,26)13-10-21(11-13)20(24)12-7-8-16-17(9-12)19(23)15-6-4-3-5-14(15)18(16)22/h3-9,13H,2,10-11H2,1H3. The number of hydrogen-bond donors (Lipinski definition) is 0. The summed E-state index contributed by atoms with van der Waals surface area (Å²) in [7, 11) is -3.17. The van der Waals surface area contributed by atoms with Crippen LogP contribution in [0.2, 0.25) is 0 Å². The van der Waals surface area contributed by atoms with Gasteiger partial charge in [0.05, 0.1) is 5.25 Å². The SMILES string of the molecule is CCS(=O)(=O)C1CN(C(=O)c2ccc3c(c2)C(=O)c2ccccc2C3=O)C1. The van der Waals surface area contributed by atoms with Gasteiger partial charge in [0.1, 0.15) is 0 Å². The van der Waals surface area contributed by atoms with Crippen LogP contribution in [0.4, 0.5) is 0 Å². The molecule has 0 spiro atoms. The summed E-state index contributed by atoms with van der Waals surface area (Å²) in [6.45, 7) is 1.90. The summed E-state index contributed by atoms with van der Waals surface area (Å²) < 4.78 is 23.7. The molecule has 0 aromatic heterocycles. The van der Waals surface area contributed by atoms with Crippen LogP contribution in [0, 0.1) is 0 Å². The quantitative estimate of drug-likeness (QED) is 0.687. The van der Waals surface area contributed by atoms with Crippen LogP contribution in [-0.4, -0.2) is 54.9 Å². The lowest BCUT2D eigenvalue weighted by atomic mass is 9.83. The van der Waals surface area contributed by atoms with E-state index in [4.69, 9.17) is 0 Å². The fourth-order valence-electron chi connectivity index (χ4n) is 3.48. The van der Waals surface area contributed by atoms with Crippen LogP contribution in [0.1, 0.15) is 49.1 Å². The van der Waals surface area contributed by atoms with E-state index < -0.39 is 15.1 Å². The average molecular weight is 383 g/mol. The Hall–Kier alpha value is -2.80. The number of hydrogen-bond acceptors (Lipinski definition) is 5. The predicted octanol–water partition coefficient (Wildman–Crippen LogP) is 1.72. The number of sulfone groups is 1. The summed E-state index contributed by atoms with van der Waals surface area (Å²) in [5.74, 6) is -0.809. The van der Waals surface area contributed by atoms with Crippen LogP contribution in [0.15, 0.2) is 42.5 Å². The van der Waals surface area contributed by atoms with Gasteiger partial charge in [0, 0.05) is 46.7 Å². The first kappa shape index (κ1) is 17.6. The minimum atomic E-state index is -3.17. The van der Waals surface area contributed by atoms with Gasteiger partial charge in [0.25, 0.3) is 5.91 Å². The van der Waals surface area contributed by atoms with Crippen molar-refractivity contribution in [1.29, 1.82) is 0 Å². The molecular weight excluding hydrogens is 366 g/mol. The first-order chi connectivity index (χ1) is 12.8. The van der Waals surface area contributed by atoms with E-state index in [-0.39, 0.29) is 53.0 Å². The van der Waals surface area contributed by atoms with Gasteiger partial charge in [-0.1, -0.05) is 31.2 Å². The molecule has 0 unspecified atom stereocenters. The van der Waals surface area contributed by atoms with Gasteiger partial charge in [0.15, 0.2) is 21.4 Å². The maximum atomic E-state index is 12.7. The van der Waals surface area contributed by atoms with Gasteiger partial charge >= 0.3 is 0 Å². The van der Waals surface area contributed by atoms with E-state index >= 15 is 0 Å². The molecule has 7 heteroatoms. The van der Waals surface area contributed by atoms with Crippen molar-refractivity contribution in [1.82, 2.24) is 4.90 Å². The van der Waals surface area contributed by atoms with Crippen LogP contribution in [0.25, 0.3) is 0 Å². The number of rotatable bonds is 3. The fourth-order valence-corrected chi connectivity index (χ4v) is 4.77. The first-order valence-corrected chi connectivity index (χ1v) is 10.4. The summed E-state index contributed by atoms with van der Waals surface area (Å²) in [5.41, 5.74) is 1.47. The first-order valence-electron chi connectivity index (χ1n) is 8.67. The molecule has 2 aromatic carbocycles. The Morgan fingerprint density at radius 2 is 1.52 bits per heavy atom. The summed E-state index contributed by atoms with van der Waals surface area (Å²) in [6.07, 6.45) is 0. The van der Waals surface area contributed by atoms with Crippen LogP contribution >= 0.6 is 0 Å². The van der Waals surface area contributed by atoms with E-state index in [0.717, 1.165) is 0 Å². The highest BCUT2D eigenvalue weighted by Crippen LogP contribution is 2.29. The molecule has 1 heterocycles. The van der Waals surface area contributed by atoms with E-state index in [1.165, 1.54) is 23.1 Å². The van der Waals surface area contributed by atoms with E-state index in [1.54, 1.807) is 31.2 Å². The van der Waals surface area contributed by atoms with Crippen molar-refractivity contribution in [3.05, 3.63) is 70.3 Å². The predicted molar refractivity (Wildman–Crippen MR) is 98.9 cm³/mol. The molecule has 0 radical (unpaired) electrons. The molecule has 0 saturated carbocycles. The zero-order valence-corrected chi connectivity index (χ0v) is 15.5. The second kappa shape index (κ2) is 6.13. The summed E-state index contributed by atoms with van der Waals surface area (Å²) >= 11 is 0. The monoisotopic (exact) mass is 383 g/mol. The normalized spacial score (nSPS) is 16.6. The largest absolute Gasteiger partial charge is 0.336 e. The molecule has 27 heavy (non-hydrogen) atoms. The van der Waals surface area contributed by atoms with Gasteiger partial charge in [-0.2, -0.15) is 0 Å². The molecule has 4 rings (SSSR count). The smallest absolute Gasteiger partial charge is 0.253 e. The Morgan fingerprint density at radius 1 is 0.963 bits per heavy atom. The van der Waals surface area contributed by atoms with Crippen LogP contribution in [0.5, 0.6) is 0 Å². The van der Waals surface area contributed by atoms with Crippen molar-refractivity contribution in [2.24, 2.45) is 0 Å². The van der Waals surface area contributed by atoms with E-state index in [2.05, 4.69) is 0 Å². The molecule has 0 N–H and O–H groups in total. The zero-order valence-electron chi connectivity index (χ0n) is 14.6. The Morgan fingerprint density at radius 3 is 2.11 bits per heavy atom. The molecule has 138 valence electrons. The maximum Gasteiger partial charge on any atom is 0.253 e. The number of nitrogens with zero attached hydrogens (tertiary/aromatic N) is 1. The minimum absolute atomic E-state index is 0.0502. The number of benzene rings is 2. The van der Waals surface area contributed by atoms with Gasteiger partial charge in [-0.25, -0.2) is 8.42 Å². The van der Waals surface area contributed by atoms with Crippen molar-refractivity contribution < 1.29 is 22.8 Å². The highest BCUT2D eigenvalue weighted by Gasteiger charge is 2.39. The Labute approximate surface area is 156 Å². The van der Waals surface area contributed by atoms with Crippen LogP contribution in [-0.2, 0) is 9.84 Å². The molecular formula is C20H17NO5S. The second-order valence-corrected chi connectivity index (χ2v) is 9.32. The molecule has 1 fully saturated rings. The zero-order chi connectivity index (χ0) is 19.3. The number of fused-ring (bicyclic) bond motifs is 2. The summed E-state index contributed by atoms with van der Waals surface area (Å²) in [4.78, 5) is 39.4. The summed E-state index contributed by atoms with van der Waals surface area (Å²) in [5, 5.41) is -0.529. The van der Waals surface area contributed by atoms with E-state index in [1.807, 2.05) is 0 Å². The molecule has 2 aromatic rings. The fraction of sp³-hybridized carbons (Fsp3) is 0.250. The van der Waals surface area contributed by atoms with E-state index in [9.17, 15) is 22.8 Å². The van der Waals surface area contributed by atoms with Crippen molar-refractivity contribution >= 4 is 27.3 Å². The lowest BCUT2D eigenvalue weighted by Gasteiger charge is -2.38. The van der Waals surface area contributed by atoms with Gasteiger partial charge < -0.3 is 4.90 Å². The van der Waals surface area contributed by atoms with E-state index in [0.29, 0.717) is 11.1 Å². The lowest BCUT2D eigenvalue weighted by molar-refractivity contribution is 0.0658. The third-order valence-corrected chi connectivity index (χ3v) is 7.34. The molecule has 1 aliphatic carbocycles. The Balaban J connectivity index is 1.62. The Kier molecular flexibility index (Phi) is 3.99. The van der Waals surface area contributed by atoms with Crippen molar-refractivity contribution in [3.63, 3.8) is 0 Å². The lowest BCUT2D eigenvalue weighted by Crippen LogP contribution is -2.57. The highest BCUT2D eigenvalue weighted by atomic mass is 32.2. The summed E-state index contributed by atoms with van der Waals surface area (Å²) in [6, 6.07) is 11.1. The molecule has 1 aliphatic heterocycles. The number of carbonyl (C=O) groups is 3. The topological polar surface area (TPSA) is 88.6 Å². The second-order valence-electron chi connectivity index (χ2n) is 6.75. The molecule has 1 saturated heterocycles. The number of ketones is 2. The number of carbonyl (C=O) groups excluding carboxylic acids is 3. The molecule has 1 amide bonds. The van der Waals surface area contributed by atoms with Crippen molar-refractivity contribution in [2.75, 3.05) is 18.8 Å². The van der Waals surface area contributed by atoms with Gasteiger partial charge in [-0.05, 0) is 18.2 Å². The van der Waals surface area contributed by atoms with Gasteiger partial charge in [0.2, 0.25) is 0 Å². The van der Waals surface area contributed by atoms with Gasteiger partial charge in [-0.15, -0.1) is 0 Å². The Bertz CT molecular complexity index is 1100. The minimum Gasteiger partial charge on any atom is -0.336 e. The number of amides is 1. The third-order valence-electron chi connectivity index (χ3n) is 5.22. The van der Waals surface area contributed by atoms with Crippen LogP contribution < -0.4 is 0 Å².